The Balaban J connectivity index is 0.000000219. The van der Waals surface area contributed by atoms with Gasteiger partial charge in [-0.05, 0) is 130 Å². The lowest BCUT2D eigenvalue weighted by atomic mass is 10.0. The molecule has 0 radical (unpaired) electrons. The number of benzene rings is 4. The van der Waals surface area contributed by atoms with Crippen LogP contribution >= 0.6 is 77.4 Å². The van der Waals surface area contributed by atoms with Gasteiger partial charge < -0.3 is 76.4 Å². The van der Waals surface area contributed by atoms with Crippen molar-refractivity contribution in [3.8, 4) is 23.0 Å². The number of aliphatic hydroxyl groups is 4. The zero-order valence-electron chi connectivity index (χ0n) is 82.7. The molecule has 0 aliphatic carbocycles. The number of hydrogen-bond donors (Lipinski definition) is 12. The van der Waals surface area contributed by atoms with Crippen LogP contribution in [0, 0.1) is 0 Å². The van der Waals surface area contributed by atoms with Gasteiger partial charge >= 0.3 is 77.6 Å². The molecule has 0 amide bonds. The van der Waals surface area contributed by atoms with Crippen LogP contribution in [0.4, 0.5) is 0 Å². The van der Waals surface area contributed by atoms with E-state index in [0.717, 1.165) is 68.2 Å². The molecular formula is C92H124Cl4N12O36P4. The SMILES string of the molecule is CCCCOC(=O)[C@@H](C)NP(=O)(OC[C@H]1O[C@@H](n2ccc(=O)[nH]c2=O)[C@](C)(Cl)[C@@H]1O)Oc1ccccc1.CCCCOC(=O)[C@@H](C)N[P@@](=O)(OC[C@H]1O[C@@H](n2ccc(=O)[nH]c2=O)[C@](C)(Cl)[C@@H]1O)Oc1ccccc1.CCCCOC(=O)[C@@H](C)N[P@](=O)(OC[C@H]1O[C@@H](n2ccc(=O)[nH]c2=O)[C@](C)(Cl)[C@@H]1O)Oc1ccccc1.CCCCOC(=O)[C@H](C)NP(=O)(OC[C@H]1O[C@@H](n2ccc(=O)[nH]c2=O)[C@](C)(Cl)[C@@H]1O)Oc1ccccc1. The lowest BCUT2D eigenvalue weighted by Crippen LogP contribution is -2.43. The maximum Gasteiger partial charge on any atom is 0.459 e. The van der Waals surface area contributed by atoms with Gasteiger partial charge in [0.1, 0.15) is 115 Å². The van der Waals surface area contributed by atoms with Gasteiger partial charge in [-0.1, -0.05) is 126 Å². The van der Waals surface area contributed by atoms with E-state index in [2.05, 4.69) is 40.3 Å². The summed E-state index contributed by atoms with van der Waals surface area (Å²) in [5.74, 6) is -1.74. The Morgan fingerprint density at radius 1 is 0.331 bits per heavy atom. The van der Waals surface area contributed by atoms with Crippen LogP contribution in [-0.4, -0.2) is 228 Å². The van der Waals surface area contributed by atoms with Crippen LogP contribution in [0.15, 0.2) is 209 Å². The number of carbonyl (C=O) groups is 4. The molecule has 4 fully saturated rings. The quantitative estimate of drug-likeness (QED) is 0.00555. The summed E-state index contributed by atoms with van der Waals surface area (Å²) in [5.41, 5.74) is -5.57. The molecule has 8 heterocycles. The number of aromatic amines is 4. The number of ether oxygens (including phenoxy) is 8. The van der Waals surface area contributed by atoms with Crippen LogP contribution in [0.2, 0.25) is 0 Å². The van der Waals surface area contributed by atoms with E-state index in [0.29, 0.717) is 25.7 Å². The molecule has 0 saturated carbocycles. The van der Waals surface area contributed by atoms with Crippen molar-refractivity contribution in [1.29, 1.82) is 0 Å². The Labute approximate surface area is 868 Å². The molecule has 148 heavy (non-hydrogen) atoms. The number of aliphatic hydroxyl groups excluding tert-OH is 4. The van der Waals surface area contributed by atoms with Crippen molar-refractivity contribution in [1.82, 2.24) is 58.6 Å². The summed E-state index contributed by atoms with van der Waals surface area (Å²) >= 11 is 26.1. The highest BCUT2D eigenvalue weighted by molar-refractivity contribution is 7.53. The van der Waals surface area contributed by atoms with E-state index in [-0.39, 0.29) is 49.4 Å². The van der Waals surface area contributed by atoms with Crippen molar-refractivity contribution >= 4 is 101 Å². The molecule has 0 bridgehead atoms. The van der Waals surface area contributed by atoms with Crippen molar-refractivity contribution in [3.05, 3.63) is 254 Å². The number of H-pyrrole nitrogens is 4. The Kier molecular flexibility index (Phi) is 45.5. The van der Waals surface area contributed by atoms with Gasteiger partial charge in [-0.15, -0.1) is 46.4 Å². The number of nitrogens with one attached hydrogen (secondary N) is 8. The molecule has 12 N–H and O–H groups in total. The fourth-order valence-corrected chi connectivity index (χ4v) is 21.5. The van der Waals surface area contributed by atoms with Gasteiger partial charge in [0.2, 0.25) is 0 Å². The van der Waals surface area contributed by atoms with Crippen molar-refractivity contribution < 1.29 is 132 Å². The first-order valence-electron chi connectivity index (χ1n) is 47.0. The smallest absolute Gasteiger partial charge is 0.459 e. The first-order valence-corrected chi connectivity index (χ1v) is 54.6. The van der Waals surface area contributed by atoms with Crippen molar-refractivity contribution in [3.63, 3.8) is 0 Å². The number of aromatic nitrogens is 8. The number of halogens is 4. The van der Waals surface area contributed by atoms with Crippen LogP contribution in [0.3, 0.4) is 0 Å². The fourth-order valence-electron chi connectivity index (χ4n) is 14.3. The molecule has 24 atom stereocenters. The van der Waals surface area contributed by atoms with E-state index in [4.69, 9.17) is 120 Å². The topological polar surface area (TPSA) is 633 Å². The second-order valence-corrected chi connectivity index (χ2v) is 44.9. The lowest BCUT2D eigenvalue weighted by molar-refractivity contribution is -0.146. The Morgan fingerprint density at radius 2 is 0.507 bits per heavy atom. The van der Waals surface area contributed by atoms with Crippen LogP contribution in [0.25, 0.3) is 0 Å². The lowest BCUT2D eigenvalue weighted by Gasteiger charge is -2.26. The first kappa shape index (κ1) is 122. The summed E-state index contributed by atoms with van der Waals surface area (Å²) in [6.07, 6.45) is -3.97. The number of alkyl halides is 4. The zero-order chi connectivity index (χ0) is 109. The van der Waals surface area contributed by atoms with Crippen LogP contribution in [0.5, 0.6) is 23.0 Å². The highest BCUT2D eigenvalue weighted by atomic mass is 35.5. The van der Waals surface area contributed by atoms with Crippen LogP contribution < -0.4 is 83.4 Å². The van der Waals surface area contributed by atoms with E-state index in [1.54, 1.807) is 121 Å². The normalized spacial score (nSPS) is 25.8. The minimum absolute atomic E-state index is 0.206. The number of nitrogens with zero attached hydrogens (tertiary/aromatic N) is 4. The van der Waals surface area contributed by atoms with Gasteiger partial charge in [-0.2, -0.15) is 20.3 Å². The second-order valence-electron chi connectivity index (χ2n) is 34.8. The molecule has 56 heteroatoms. The van der Waals surface area contributed by atoms with Gasteiger partial charge in [0.25, 0.3) is 22.2 Å². The number of esters is 4. The minimum atomic E-state index is -4.22. The summed E-state index contributed by atoms with van der Waals surface area (Å²) in [6, 6.07) is 32.9. The molecule has 4 aliphatic rings. The summed E-state index contributed by atoms with van der Waals surface area (Å²) in [4.78, 5) is 146. The number of carbonyl (C=O) groups excluding carboxylic acids is 4. The van der Waals surface area contributed by atoms with E-state index < -0.39 is 244 Å². The molecule has 2 unspecified atom stereocenters. The van der Waals surface area contributed by atoms with Gasteiger partial charge in [-0.25, -0.2) is 37.4 Å². The summed E-state index contributed by atoms with van der Waals surface area (Å²) < 4.78 is 147. The number of para-hydroxylation sites is 4. The third kappa shape index (κ3) is 34.1. The molecule has 12 rings (SSSR count). The predicted molar refractivity (Wildman–Crippen MR) is 538 cm³/mol. The van der Waals surface area contributed by atoms with E-state index in [1.807, 2.05) is 27.7 Å². The van der Waals surface area contributed by atoms with Crippen LogP contribution in [-0.2, 0) is 93.4 Å². The molecule has 4 aromatic heterocycles. The molecule has 48 nitrogen and oxygen atoms in total. The zero-order valence-corrected chi connectivity index (χ0v) is 89.3. The second kappa shape index (κ2) is 55.4. The van der Waals surface area contributed by atoms with Gasteiger partial charge in [0, 0.05) is 49.1 Å². The van der Waals surface area contributed by atoms with E-state index in [1.165, 1.54) is 80.2 Å². The molecule has 816 valence electrons. The molecule has 4 aliphatic heterocycles. The Hall–Kier alpha value is -9.88. The molecule has 8 aromatic rings. The number of hydrogen-bond acceptors (Lipinski definition) is 36. The third-order valence-electron chi connectivity index (χ3n) is 22.6. The summed E-state index contributed by atoms with van der Waals surface area (Å²) in [6.45, 7) is 18.4. The fraction of sp³-hybridized carbons (Fsp3) is 0.522. The number of unbranched alkanes of at least 4 members (excludes halogenated alkanes) is 4. The Bertz CT molecular complexity index is 5630. The molecule has 0 spiro atoms. The molecule has 4 saturated heterocycles. The maximum atomic E-state index is 13.7. The van der Waals surface area contributed by atoms with E-state index >= 15 is 0 Å². The highest BCUT2D eigenvalue weighted by Gasteiger charge is 2.59. The third-order valence-corrected chi connectivity index (χ3v) is 30.8. The van der Waals surface area contributed by atoms with Crippen molar-refractivity contribution in [2.45, 2.75) is 252 Å². The monoisotopic (exact) mass is 2240 g/mol. The van der Waals surface area contributed by atoms with Crippen molar-refractivity contribution in [2.75, 3.05) is 52.9 Å². The average Bonchev–Trinajstić information content (AvgIpc) is 1.62. The molecular weight excluding hydrogens is 2110 g/mol. The van der Waals surface area contributed by atoms with Crippen LogP contribution in [0.1, 0.15) is 159 Å². The van der Waals surface area contributed by atoms with Gasteiger partial charge in [0.15, 0.2) is 24.9 Å². The standard InChI is InChI=1S/4C23H31ClN3O9P/c4*1-4-5-13-33-20(30)15(2)26-37(32,36-16-9-7-6-8-10-16)34-14-17-19(29)23(3,24)21(35-17)27-12-11-18(28)25-22(27)31/h4*6-12,15,17,19,21,29H,4-5,13-14H2,1-3H3,(H,26,32)(H,25,28,31)/t15-,17+,19+,21+,23+,37?;15-,17-,19-,21-,23-,37?;15-,17-,19-,21-,23-,37+;15-,17-,19-,21-,23-,37-/m0111/s1. The largest absolute Gasteiger partial charge is 0.465 e. The van der Waals surface area contributed by atoms with Gasteiger partial charge in [-0.3, -0.25) is 94.7 Å². The average molecular weight is 2240 g/mol. The van der Waals surface area contributed by atoms with Crippen molar-refractivity contribution in [2.24, 2.45) is 0 Å². The predicted octanol–water partition coefficient (Wildman–Crippen LogP) is 9.27. The highest BCUT2D eigenvalue weighted by Crippen LogP contribution is 2.54. The van der Waals surface area contributed by atoms with Gasteiger partial charge in [0.05, 0.1) is 52.9 Å². The first-order chi connectivity index (χ1) is 69.9. The van der Waals surface area contributed by atoms with E-state index in [9.17, 15) is 96.2 Å². The molecule has 4 aromatic carbocycles. The Morgan fingerprint density at radius 3 is 0.669 bits per heavy atom. The number of rotatable bonds is 48. The summed E-state index contributed by atoms with van der Waals surface area (Å²) in [7, 11) is -16.9. The maximum absolute atomic E-state index is 13.7. The summed E-state index contributed by atoms with van der Waals surface area (Å²) in [5, 5.41) is 53.5. The minimum Gasteiger partial charge on any atom is -0.465 e.